The lowest BCUT2D eigenvalue weighted by Gasteiger charge is -2.14. The van der Waals surface area contributed by atoms with Crippen molar-refractivity contribution in [2.75, 3.05) is 38.8 Å². The van der Waals surface area contributed by atoms with E-state index in [1.54, 1.807) is 38.1 Å². The SMILES string of the molecule is COCCOC(=O)c1c(C)[nH]c(C(=O)Nc2ccccc2C(=O)NCC2CCCO2)c1C. The maximum absolute atomic E-state index is 13.0. The predicted molar refractivity (Wildman–Crippen MR) is 118 cm³/mol. The first-order chi connectivity index (χ1) is 15.4. The minimum atomic E-state index is -0.527. The zero-order valence-electron chi connectivity index (χ0n) is 18.6. The number of hydrogen-bond acceptors (Lipinski definition) is 6. The van der Waals surface area contributed by atoms with Crippen molar-refractivity contribution >= 4 is 23.5 Å². The number of aromatic amines is 1. The van der Waals surface area contributed by atoms with Crippen LogP contribution < -0.4 is 10.6 Å². The van der Waals surface area contributed by atoms with Crippen LogP contribution in [0.5, 0.6) is 0 Å². The molecule has 1 aliphatic rings. The van der Waals surface area contributed by atoms with Crippen molar-refractivity contribution in [2.24, 2.45) is 0 Å². The summed E-state index contributed by atoms with van der Waals surface area (Å²) in [5.41, 5.74) is 2.27. The van der Waals surface area contributed by atoms with E-state index in [1.165, 1.54) is 7.11 Å². The Hall–Kier alpha value is -3.17. The maximum atomic E-state index is 13.0. The fourth-order valence-corrected chi connectivity index (χ4v) is 3.66. The summed E-state index contributed by atoms with van der Waals surface area (Å²) in [7, 11) is 1.52. The van der Waals surface area contributed by atoms with Gasteiger partial charge in [0.15, 0.2) is 0 Å². The molecule has 1 atom stereocenters. The second-order valence-corrected chi connectivity index (χ2v) is 7.60. The van der Waals surface area contributed by atoms with Gasteiger partial charge in [0.25, 0.3) is 11.8 Å². The molecule has 1 aliphatic heterocycles. The molecule has 3 N–H and O–H groups in total. The van der Waals surface area contributed by atoms with Gasteiger partial charge in [0, 0.05) is 26.0 Å². The standard InChI is InChI=1S/C23H29N3O6/c1-14-19(23(29)32-12-11-30-3)15(2)25-20(14)22(28)26-18-9-5-4-8-17(18)21(27)24-13-16-7-6-10-31-16/h4-5,8-9,16,25H,6-7,10-13H2,1-3H3,(H,24,27)(H,26,28). The first-order valence-electron chi connectivity index (χ1n) is 10.6. The zero-order chi connectivity index (χ0) is 23.1. The highest BCUT2D eigenvalue weighted by Gasteiger charge is 2.24. The summed E-state index contributed by atoms with van der Waals surface area (Å²) in [5, 5.41) is 5.64. The van der Waals surface area contributed by atoms with E-state index in [0.717, 1.165) is 12.8 Å². The smallest absolute Gasteiger partial charge is 0.340 e. The molecule has 9 heteroatoms. The summed E-state index contributed by atoms with van der Waals surface area (Å²) in [5.74, 6) is -1.28. The minimum absolute atomic E-state index is 0.0207. The van der Waals surface area contributed by atoms with Gasteiger partial charge in [-0.3, -0.25) is 9.59 Å². The van der Waals surface area contributed by atoms with Crippen LogP contribution in [0.3, 0.4) is 0 Å². The van der Waals surface area contributed by atoms with E-state index in [2.05, 4.69) is 15.6 Å². The third-order valence-electron chi connectivity index (χ3n) is 5.32. The molecule has 9 nitrogen and oxygen atoms in total. The lowest BCUT2D eigenvalue weighted by atomic mass is 10.1. The number of aromatic nitrogens is 1. The highest BCUT2D eigenvalue weighted by atomic mass is 16.6. The Morgan fingerprint density at radius 1 is 1.16 bits per heavy atom. The molecule has 3 rings (SSSR count). The normalized spacial score (nSPS) is 15.4. The number of ether oxygens (including phenoxy) is 3. The van der Waals surface area contributed by atoms with Crippen molar-refractivity contribution in [3.8, 4) is 0 Å². The molecule has 1 aromatic carbocycles. The fourth-order valence-electron chi connectivity index (χ4n) is 3.66. The summed E-state index contributed by atoms with van der Waals surface area (Å²) in [6.45, 7) is 4.91. The van der Waals surface area contributed by atoms with E-state index in [1.807, 2.05) is 0 Å². The molecule has 0 radical (unpaired) electrons. The van der Waals surface area contributed by atoms with E-state index in [0.29, 0.717) is 41.2 Å². The second kappa shape index (κ2) is 10.9. The number of benzene rings is 1. The van der Waals surface area contributed by atoms with Crippen molar-refractivity contribution in [2.45, 2.75) is 32.8 Å². The molecule has 1 unspecified atom stereocenters. The number of carbonyl (C=O) groups is 3. The topological polar surface area (TPSA) is 119 Å². The van der Waals surface area contributed by atoms with E-state index >= 15 is 0 Å². The fraction of sp³-hybridized carbons (Fsp3) is 0.435. The van der Waals surface area contributed by atoms with Crippen LogP contribution in [0.25, 0.3) is 0 Å². The van der Waals surface area contributed by atoms with Gasteiger partial charge in [-0.25, -0.2) is 4.79 Å². The van der Waals surface area contributed by atoms with Gasteiger partial charge in [0.1, 0.15) is 12.3 Å². The van der Waals surface area contributed by atoms with Gasteiger partial charge in [0.2, 0.25) is 0 Å². The Bertz CT molecular complexity index is 978. The molecular weight excluding hydrogens is 414 g/mol. The quantitative estimate of drug-likeness (QED) is 0.405. The van der Waals surface area contributed by atoms with Gasteiger partial charge in [-0.1, -0.05) is 12.1 Å². The van der Waals surface area contributed by atoms with Crippen LogP contribution in [0.15, 0.2) is 24.3 Å². The first-order valence-corrected chi connectivity index (χ1v) is 10.6. The molecule has 2 amide bonds. The number of H-pyrrole nitrogens is 1. The molecule has 32 heavy (non-hydrogen) atoms. The van der Waals surface area contributed by atoms with Crippen LogP contribution in [0.4, 0.5) is 5.69 Å². The van der Waals surface area contributed by atoms with Crippen molar-refractivity contribution in [1.29, 1.82) is 0 Å². The van der Waals surface area contributed by atoms with Crippen LogP contribution in [-0.2, 0) is 14.2 Å². The largest absolute Gasteiger partial charge is 0.460 e. The van der Waals surface area contributed by atoms with E-state index in [4.69, 9.17) is 14.2 Å². The Morgan fingerprint density at radius 2 is 1.94 bits per heavy atom. The van der Waals surface area contributed by atoms with E-state index < -0.39 is 11.9 Å². The van der Waals surface area contributed by atoms with E-state index in [9.17, 15) is 14.4 Å². The van der Waals surface area contributed by atoms with Crippen molar-refractivity contribution in [1.82, 2.24) is 10.3 Å². The third kappa shape index (κ3) is 5.54. The number of esters is 1. The highest BCUT2D eigenvalue weighted by molar-refractivity contribution is 6.10. The Morgan fingerprint density at radius 3 is 2.66 bits per heavy atom. The van der Waals surface area contributed by atoms with Crippen LogP contribution in [-0.4, -0.2) is 62.3 Å². The molecule has 2 heterocycles. The molecule has 2 aromatic rings. The van der Waals surface area contributed by atoms with E-state index in [-0.39, 0.29) is 30.9 Å². The molecule has 0 bridgehead atoms. The van der Waals surface area contributed by atoms with Crippen LogP contribution in [0.1, 0.15) is 55.3 Å². The molecule has 1 saturated heterocycles. The summed E-state index contributed by atoms with van der Waals surface area (Å²) in [4.78, 5) is 41.0. The molecule has 0 aliphatic carbocycles. The monoisotopic (exact) mass is 443 g/mol. The first kappa shape index (κ1) is 23.5. The number of amides is 2. The number of nitrogens with one attached hydrogen (secondary N) is 3. The molecule has 1 fully saturated rings. The van der Waals surface area contributed by atoms with Crippen molar-refractivity contribution in [3.63, 3.8) is 0 Å². The average Bonchev–Trinajstić information content (AvgIpc) is 3.40. The van der Waals surface area contributed by atoms with Gasteiger partial charge in [-0.2, -0.15) is 0 Å². The maximum Gasteiger partial charge on any atom is 0.340 e. The summed E-state index contributed by atoms with van der Waals surface area (Å²) < 4.78 is 15.6. The molecule has 0 spiro atoms. The number of methoxy groups -OCH3 is 1. The third-order valence-corrected chi connectivity index (χ3v) is 5.32. The number of aryl methyl sites for hydroxylation is 1. The Balaban J connectivity index is 1.71. The van der Waals surface area contributed by atoms with Gasteiger partial charge in [-0.05, 0) is 44.4 Å². The van der Waals surface area contributed by atoms with Crippen molar-refractivity contribution in [3.05, 3.63) is 52.3 Å². The molecule has 172 valence electrons. The summed E-state index contributed by atoms with van der Waals surface area (Å²) in [6.07, 6.45) is 1.93. The molecule has 1 aromatic heterocycles. The summed E-state index contributed by atoms with van der Waals surface area (Å²) in [6, 6.07) is 6.77. The van der Waals surface area contributed by atoms with Gasteiger partial charge in [0.05, 0.1) is 29.5 Å². The number of anilines is 1. The number of para-hydroxylation sites is 1. The minimum Gasteiger partial charge on any atom is -0.460 e. The molecular formula is C23H29N3O6. The highest BCUT2D eigenvalue weighted by Crippen LogP contribution is 2.22. The number of carbonyl (C=O) groups excluding carboxylic acids is 3. The predicted octanol–water partition coefficient (Wildman–Crippen LogP) is 2.60. The molecule has 0 saturated carbocycles. The van der Waals surface area contributed by atoms with Crippen molar-refractivity contribution < 1.29 is 28.6 Å². The number of rotatable bonds is 9. The second-order valence-electron chi connectivity index (χ2n) is 7.60. The lowest BCUT2D eigenvalue weighted by Crippen LogP contribution is -2.32. The lowest BCUT2D eigenvalue weighted by molar-refractivity contribution is 0.0386. The Kier molecular flexibility index (Phi) is 8.02. The average molecular weight is 444 g/mol. The van der Waals surface area contributed by atoms with Gasteiger partial charge >= 0.3 is 5.97 Å². The summed E-state index contributed by atoms with van der Waals surface area (Å²) >= 11 is 0. The Labute approximate surface area is 186 Å². The zero-order valence-corrected chi connectivity index (χ0v) is 18.6. The van der Waals surface area contributed by atoms with Gasteiger partial charge in [-0.15, -0.1) is 0 Å². The van der Waals surface area contributed by atoms with Gasteiger partial charge < -0.3 is 29.8 Å². The number of hydrogen-bond donors (Lipinski definition) is 3. The van der Waals surface area contributed by atoms with Crippen LogP contribution >= 0.6 is 0 Å². The van der Waals surface area contributed by atoms with Crippen LogP contribution in [0.2, 0.25) is 0 Å². The van der Waals surface area contributed by atoms with Crippen LogP contribution in [0, 0.1) is 13.8 Å².